The Bertz CT molecular complexity index is 472. The van der Waals surface area contributed by atoms with Crippen molar-refractivity contribution in [3.8, 4) is 0 Å². The van der Waals surface area contributed by atoms with Crippen molar-refractivity contribution in [1.29, 1.82) is 0 Å². The van der Waals surface area contributed by atoms with E-state index < -0.39 is 0 Å². The quantitative estimate of drug-likeness (QED) is 0.797. The Kier molecular flexibility index (Phi) is 7.83. The van der Waals surface area contributed by atoms with Crippen molar-refractivity contribution in [1.82, 2.24) is 15.5 Å². The molecule has 1 saturated heterocycles. The average Bonchev–Trinajstić information content (AvgIpc) is 2.98. The Morgan fingerprint density at radius 1 is 1.50 bits per heavy atom. The molecule has 1 fully saturated rings. The molecule has 0 bridgehead atoms. The first-order valence-corrected chi connectivity index (χ1v) is 8.51. The third-order valence-electron chi connectivity index (χ3n) is 4.04. The topological polar surface area (TPSA) is 44.4 Å². The zero-order valence-corrected chi connectivity index (χ0v) is 15.4. The van der Waals surface area contributed by atoms with Gasteiger partial charge in [-0.05, 0) is 37.4 Å². The van der Waals surface area contributed by atoms with Crippen molar-refractivity contribution < 1.29 is 4.79 Å². The Morgan fingerprint density at radius 2 is 2.27 bits per heavy atom. The van der Waals surface area contributed by atoms with Crippen LogP contribution in [-0.2, 0) is 11.3 Å². The second kappa shape index (κ2) is 8.87. The van der Waals surface area contributed by atoms with E-state index in [1.165, 1.54) is 16.2 Å². The average molecular weight is 346 g/mol. The molecular weight excluding hydrogens is 318 g/mol. The maximum atomic E-state index is 11.1. The molecule has 1 atom stereocenters. The van der Waals surface area contributed by atoms with E-state index in [4.69, 9.17) is 0 Å². The van der Waals surface area contributed by atoms with Crippen LogP contribution in [0.25, 0.3) is 0 Å². The molecule has 1 amide bonds. The van der Waals surface area contributed by atoms with Gasteiger partial charge in [0.05, 0.1) is 0 Å². The summed E-state index contributed by atoms with van der Waals surface area (Å²) in [6.45, 7) is 12.0. The third-order valence-corrected chi connectivity index (χ3v) is 5.03. The zero-order valence-electron chi connectivity index (χ0n) is 13.8. The molecule has 6 heteroatoms. The first kappa shape index (κ1) is 19.4. The molecule has 0 saturated carbocycles. The number of halogens is 1. The lowest BCUT2D eigenvalue weighted by Crippen LogP contribution is -2.40. The van der Waals surface area contributed by atoms with E-state index in [2.05, 4.69) is 41.5 Å². The van der Waals surface area contributed by atoms with Crippen LogP contribution in [-0.4, -0.2) is 43.5 Å². The monoisotopic (exact) mass is 345 g/mol. The molecule has 0 aromatic carbocycles. The summed E-state index contributed by atoms with van der Waals surface area (Å²) < 4.78 is 0. The van der Waals surface area contributed by atoms with Gasteiger partial charge in [-0.15, -0.1) is 23.7 Å². The maximum absolute atomic E-state index is 11.1. The van der Waals surface area contributed by atoms with Gasteiger partial charge in [0.2, 0.25) is 5.91 Å². The summed E-state index contributed by atoms with van der Waals surface area (Å²) in [6, 6.07) is 4.41. The van der Waals surface area contributed by atoms with E-state index in [0.717, 1.165) is 39.3 Å². The molecule has 1 aliphatic rings. The molecule has 126 valence electrons. The van der Waals surface area contributed by atoms with Gasteiger partial charge in [-0.3, -0.25) is 9.69 Å². The number of amides is 1. The van der Waals surface area contributed by atoms with Crippen LogP contribution in [0.4, 0.5) is 0 Å². The predicted molar refractivity (Wildman–Crippen MR) is 95.9 cm³/mol. The van der Waals surface area contributed by atoms with Crippen molar-refractivity contribution in [2.75, 3.05) is 32.7 Å². The van der Waals surface area contributed by atoms with Crippen molar-refractivity contribution in [2.24, 2.45) is 5.41 Å². The number of rotatable bonds is 7. The fourth-order valence-electron chi connectivity index (χ4n) is 2.94. The van der Waals surface area contributed by atoms with Crippen molar-refractivity contribution >= 4 is 29.7 Å². The molecule has 0 radical (unpaired) electrons. The Labute approximate surface area is 144 Å². The van der Waals surface area contributed by atoms with E-state index >= 15 is 0 Å². The smallest absolute Gasteiger partial charge is 0.216 e. The highest BCUT2D eigenvalue weighted by molar-refractivity contribution is 7.11. The van der Waals surface area contributed by atoms with Crippen molar-refractivity contribution in [2.45, 2.75) is 33.7 Å². The van der Waals surface area contributed by atoms with Gasteiger partial charge in [-0.1, -0.05) is 6.92 Å². The second-order valence-electron chi connectivity index (χ2n) is 6.44. The van der Waals surface area contributed by atoms with Gasteiger partial charge in [-0.2, -0.15) is 0 Å². The van der Waals surface area contributed by atoms with Crippen LogP contribution >= 0.6 is 23.7 Å². The lowest BCUT2D eigenvalue weighted by atomic mass is 9.89. The molecule has 0 spiro atoms. The van der Waals surface area contributed by atoms with Crippen LogP contribution in [0.15, 0.2) is 12.1 Å². The lowest BCUT2D eigenvalue weighted by molar-refractivity contribution is -0.119. The van der Waals surface area contributed by atoms with Crippen LogP contribution in [0.1, 0.15) is 30.0 Å². The highest BCUT2D eigenvalue weighted by Gasteiger charge is 2.30. The summed E-state index contributed by atoms with van der Waals surface area (Å²) >= 11 is 1.87. The standard InChI is InChI=1S/C16H27N3OS.ClH/c1-13-4-5-15(21-13)10-19(9-8-18-14(2)20)12-16(3)6-7-17-11-16;/h4-5,17H,6-12H2,1-3H3,(H,18,20);1H. The number of hydrogen-bond acceptors (Lipinski definition) is 4. The fourth-order valence-corrected chi connectivity index (χ4v) is 3.87. The van der Waals surface area contributed by atoms with Gasteiger partial charge in [-0.25, -0.2) is 0 Å². The summed E-state index contributed by atoms with van der Waals surface area (Å²) in [5.41, 5.74) is 0.350. The Hall–Kier alpha value is -0.620. The summed E-state index contributed by atoms with van der Waals surface area (Å²) in [5, 5.41) is 6.38. The first-order valence-electron chi connectivity index (χ1n) is 7.70. The minimum atomic E-state index is 0. The Balaban J connectivity index is 0.00000242. The van der Waals surface area contributed by atoms with Crippen LogP contribution in [0, 0.1) is 12.3 Å². The van der Waals surface area contributed by atoms with Gasteiger partial charge in [0, 0.05) is 49.4 Å². The minimum absolute atomic E-state index is 0. The predicted octanol–water partition coefficient (Wildman–Crippen LogP) is 2.42. The molecule has 4 nitrogen and oxygen atoms in total. The molecule has 2 N–H and O–H groups in total. The van der Waals surface area contributed by atoms with Crippen molar-refractivity contribution in [3.63, 3.8) is 0 Å². The van der Waals surface area contributed by atoms with Gasteiger partial charge >= 0.3 is 0 Å². The van der Waals surface area contributed by atoms with E-state index in [1.54, 1.807) is 6.92 Å². The highest BCUT2D eigenvalue weighted by Crippen LogP contribution is 2.27. The molecule has 1 aromatic heterocycles. The summed E-state index contributed by atoms with van der Waals surface area (Å²) in [6.07, 6.45) is 1.23. The second-order valence-corrected chi connectivity index (χ2v) is 7.82. The Morgan fingerprint density at radius 3 is 2.82 bits per heavy atom. The summed E-state index contributed by atoms with van der Waals surface area (Å²) in [7, 11) is 0. The number of carbonyl (C=O) groups excluding carboxylic acids is 1. The fraction of sp³-hybridized carbons (Fsp3) is 0.688. The zero-order chi connectivity index (χ0) is 15.3. The van der Waals surface area contributed by atoms with Gasteiger partial charge in [0.1, 0.15) is 0 Å². The van der Waals surface area contributed by atoms with Gasteiger partial charge in [0.15, 0.2) is 0 Å². The number of thiophene rings is 1. The van der Waals surface area contributed by atoms with Crippen LogP contribution in [0.2, 0.25) is 0 Å². The van der Waals surface area contributed by atoms with Crippen LogP contribution in [0.3, 0.4) is 0 Å². The number of aryl methyl sites for hydroxylation is 1. The van der Waals surface area contributed by atoms with E-state index in [9.17, 15) is 4.79 Å². The first-order chi connectivity index (χ1) is 9.97. The normalized spacial score (nSPS) is 20.9. The van der Waals surface area contributed by atoms with E-state index in [0.29, 0.717) is 5.41 Å². The molecule has 2 heterocycles. The summed E-state index contributed by atoms with van der Waals surface area (Å²) in [4.78, 5) is 16.3. The number of hydrogen-bond donors (Lipinski definition) is 2. The van der Waals surface area contributed by atoms with Gasteiger partial charge < -0.3 is 10.6 Å². The van der Waals surface area contributed by atoms with Crippen LogP contribution in [0.5, 0.6) is 0 Å². The summed E-state index contributed by atoms with van der Waals surface area (Å²) in [5.74, 6) is 0.0515. The SMILES string of the molecule is CC(=O)NCCN(Cc1ccc(C)s1)CC1(C)CCNC1.Cl. The number of carbonyl (C=O) groups is 1. The number of nitrogens with zero attached hydrogens (tertiary/aromatic N) is 1. The molecular formula is C16H28ClN3OS. The molecule has 1 aliphatic heterocycles. The van der Waals surface area contributed by atoms with E-state index in [1.807, 2.05) is 11.3 Å². The van der Waals surface area contributed by atoms with Crippen molar-refractivity contribution in [3.05, 3.63) is 21.9 Å². The van der Waals surface area contributed by atoms with E-state index in [-0.39, 0.29) is 18.3 Å². The largest absolute Gasteiger partial charge is 0.355 e. The van der Waals surface area contributed by atoms with Gasteiger partial charge in [0.25, 0.3) is 0 Å². The molecule has 0 aliphatic carbocycles. The minimum Gasteiger partial charge on any atom is -0.355 e. The van der Waals surface area contributed by atoms with Crippen LogP contribution < -0.4 is 10.6 Å². The molecule has 2 rings (SSSR count). The molecule has 1 aromatic rings. The molecule has 22 heavy (non-hydrogen) atoms. The maximum Gasteiger partial charge on any atom is 0.216 e. The lowest BCUT2D eigenvalue weighted by Gasteiger charge is -2.31. The highest BCUT2D eigenvalue weighted by atomic mass is 35.5. The third kappa shape index (κ3) is 6.24. The molecule has 1 unspecified atom stereocenters. The number of nitrogens with one attached hydrogen (secondary N) is 2.